The number of rotatable bonds is 5. The van der Waals surface area contributed by atoms with Gasteiger partial charge in [-0.15, -0.1) is 22.7 Å². The zero-order valence-corrected chi connectivity index (χ0v) is 13.1. The van der Waals surface area contributed by atoms with Crippen LogP contribution in [-0.4, -0.2) is 8.42 Å². The molecule has 0 radical (unpaired) electrons. The summed E-state index contributed by atoms with van der Waals surface area (Å²) < 4.78 is 27.6. The van der Waals surface area contributed by atoms with E-state index in [9.17, 15) is 8.42 Å². The molecule has 3 N–H and O–H groups in total. The summed E-state index contributed by atoms with van der Waals surface area (Å²) in [5.74, 6) is 0.172. The molecule has 2 aromatic heterocycles. The summed E-state index contributed by atoms with van der Waals surface area (Å²) in [6.45, 7) is 3.99. The van der Waals surface area contributed by atoms with Crippen LogP contribution in [0.3, 0.4) is 0 Å². The minimum absolute atomic E-state index is 0.172. The summed E-state index contributed by atoms with van der Waals surface area (Å²) in [4.78, 5) is 1.02. The lowest BCUT2D eigenvalue weighted by Crippen LogP contribution is -2.30. The molecule has 0 amide bonds. The van der Waals surface area contributed by atoms with E-state index in [2.05, 4.69) is 4.72 Å². The number of nitrogen functional groups attached to an aromatic ring is 1. The van der Waals surface area contributed by atoms with Crippen LogP contribution in [0.4, 0.5) is 5.69 Å². The Balaban J connectivity index is 2.27. The monoisotopic (exact) mass is 316 g/mol. The molecule has 0 aliphatic rings. The van der Waals surface area contributed by atoms with Gasteiger partial charge in [0.15, 0.2) is 0 Å². The third kappa shape index (κ3) is 3.36. The maximum atomic E-state index is 12.3. The summed E-state index contributed by atoms with van der Waals surface area (Å²) >= 11 is 2.69. The van der Waals surface area contributed by atoms with Crippen LogP contribution in [0.25, 0.3) is 0 Å². The molecule has 0 fully saturated rings. The van der Waals surface area contributed by atoms with Crippen LogP contribution >= 0.6 is 22.7 Å². The van der Waals surface area contributed by atoms with E-state index in [0.717, 1.165) is 16.2 Å². The van der Waals surface area contributed by atoms with Crippen LogP contribution in [0.5, 0.6) is 0 Å². The first kappa shape index (κ1) is 14.5. The first-order valence-corrected chi connectivity index (χ1v) is 9.04. The van der Waals surface area contributed by atoms with Gasteiger partial charge in [-0.05, 0) is 23.4 Å². The van der Waals surface area contributed by atoms with Crippen LogP contribution in [0.2, 0.25) is 0 Å². The lowest BCUT2D eigenvalue weighted by Gasteiger charge is -2.20. The van der Waals surface area contributed by atoms with Crippen LogP contribution in [0.15, 0.2) is 33.2 Å². The summed E-state index contributed by atoms with van der Waals surface area (Å²) in [5.41, 5.74) is 6.06. The summed E-state index contributed by atoms with van der Waals surface area (Å²) in [7, 11) is -3.51. The number of hydrogen-bond acceptors (Lipinski definition) is 5. The number of hydrogen-bond donors (Lipinski definition) is 2. The maximum absolute atomic E-state index is 12.3. The molecule has 0 saturated heterocycles. The van der Waals surface area contributed by atoms with Crippen LogP contribution < -0.4 is 10.5 Å². The molecule has 2 aromatic rings. The molecule has 0 aliphatic heterocycles. The minimum Gasteiger partial charge on any atom is -0.398 e. The van der Waals surface area contributed by atoms with Crippen LogP contribution in [0, 0.1) is 5.92 Å². The predicted octanol–water partition coefficient (Wildman–Crippen LogP) is 3.07. The summed E-state index contributed by atoms with van der Waals surface area (Å²) in [6.07, 6.45) is 0. The average Bonchev–Trinajstić information content (AvgIpc) is 2.96. The fraction of sp³-hybridized carbons (Fsp3) is 0.333. The molecule has 7 heteroatoms. The third-order valence-corrected chi connectivity index (χ3v) is 6.51. The van der Waals surface area contributed by atoms with Gasteiger partial charge >= 0.3 is 0 Å². The Hall–Kier alpha value is -0.890. The highest BCUT2D eigenvalue weighted by molar-refractivity contribution is 7.91. The minimum atomic E-state index is -3.51. The van der Waals surface area contributed by atoms with Crippen molar-refractivity contribution in [2.45, 2.75) is 24.1 Å². The Bertz CT molecular complexity index is 630. The Morgan fingerprint density at radius 2 is 2.05 bits per heavy atom. The Kier molecular flexibility index (Phi) is 4.29. The molecule has 2 rings (SSSR count). The lowest BCUT2D eigenvalue weighted by molar-refractivity contribution is 0.469. The number of nitrogens with one attached hydrogen (secondary N) is 1. The molecule has 0 spiro atoms. The molecule has 0 aliphatic carbocycles. The van der Waals surface area contributed by atoms with E-state index in [-0.39, 0.29) is 16.2 Å². The normalized spacial score (nSPS) is 13.8. The van der Waals surface area contributed by atoms with E-state index in [1.807, 2.05) is 31.4 Å². The molecule has 0 saturated carbocycles. The predicted molar refractivity (Wildman–Crippen MR) is 81.0 cm³/mol. The van der Waals surface area contributed by atoms with E-state index in [4.69, 9.17) is 5.73 Å². The smallest absolute Gasteiger partial charge is 0.250 e. The topological polar surface area (TPSA) is 72.2 Å². The first-order chi connectivity index (χ1) is 8.90. The van der Waals surface area contributed by atoms with Crippen molar-refractivity contribution >= 4 is 38.4 Å². The third-order valence-electron chi connectivity index (χ3n) is 2.66. The lowest BCUT2D eigenvalue weighted by atomic mass is 10.0. The van der Waals surface area contributed by atoms with Crippen molar-refractivity contribution in [1.29, 1.82) is 0 Å². The highest BCUT2D eigenvalue weighted by Crippen LogP contribution is 2.29. The van der Waals surface area contributed by atoms with Gasteiger partial charge in [0, 0.05) is 15.9 Å². The molecule has 1 unspecified atom stereocenters. The SMILES string of the molecule is CC(C)C(NS(=O)(=O)c1cc(N)cs1)c1cccs1. The van der Waals surface area contributed by atoms with Crippen molar-refractivity contribution in [3.05, 3.63) is 33.8 Å². The fourth-order valence-corrected chi connectivity index (χ4v) is 5.17. The Morgan fingerprint density at radius 3 is 2.53 bits per heavy atom. The molecule has 2 heterocycles. The van der Waals surface area contributed by atoms with E-state index < -0.39 is 10.0 Å². The molecule has 1 atom stereocenters. The van der Waals surface area contributed by atoms with Gasteiger partial charge in [-0.25, -0.2) is 13.1 Å². The van der Waals surface area contributed by atoms with E-state index in [0.29, 0.717) is 5.69 Å². The van der Waals surface area contributed by atoms with Gasteiger partial charge in [0.1, 0.15) is 4.21 Å². The Morgan fingerprint density at radius 1 is 1.32 bits per heavy atom. The van der Waals surface area contributed by atoms with Gasteiger partial charge in [0.05, 0.1) is 6.04 Å². The highest BCUT2D eigenvalue weighted by atomic mass is 32.2. The zero-order valence-electron chi connectivity index (χ0n) is 10.7. The van der Waals surface area contributed by atoms with Crippen molar-refractivity contribution in [2.75, 3.05) is 5.73 Å². The molecule has 0 aromatic carbocycles. The number of thiophene rings is 2. The second-order valence-electron chi connectivity index (χ2n) is 4.56. The van der Waals surface area contributed by atoms with E-state index in [1.54, 1.807) is 16.7 Å². The highest BCUT2D eigenvalue weighted by Gasteiger charge is 2.25. The molecular weight excluding hydrogens is 300 g/mol. The van der Waals surface area contributed by atoms with Crippen molar-refractivity contribution in [3.63, 3.8) is 0 Å². The van der Waals surface area contributed by atoms with Crippen LogP contribution in [0.1, 0.15) is 24.8 Å². The molecule has 104 valence electrons. The molecule has 0 bridgehead atoms. The summed E-state index contributed by atoms with van der Waals surface area (Å²) in [5, 5.41) is 3.58. The number of sulfonamides is 1. The second kappa shape index (κ2) is 5.62. The quantitative estimate of drug-likeness (QED) is 0.890. The first-order valence-electron chi connectivity index (χ1n) is 5.80. The second-order valence-corrected chi connectivity index (χ2v) is 8.39. The number of nitrogens with two attached hydrogens (primary N) is 1. The van der Waals surface area contributed by atoms with E-state index in [1.165, 1.54) is 6.07 Å². The van der Waals surface area contributed by atoms with Gasteiger partial charge in [-0.3, -0.25) is 0 Å². The Labute approximate surface area is 121 Å². The van der Waals surface area contributed by atoms with Crippen molar-refractivity contribution in [1.82, 2.24) is 4.72 Å². The van der Waals surface area contributed by atoms with Crippen molar-refractivity contribution in [2.24, 2.45) is 5.92 Å². The fourth-order valence-electron chi connectivity index (χ4n) is 1.69. The molecule has 19 heavy (non-hydrogen) atoms. The van der Waals surface area contributed by atoms with Gasteiger partial charge in [-0.1, -0.05) is 19.9 Å². The molecular formula is C12H16N2O2S3. The van der Waals surface area contributed by atoms with Crippen LogP contribution in [-0.2, 0) is 10.0 Å². The van der Waals surface area contributed by atoms with Gasteiger partial charge < -0.3 is 5.73 Å². The standard InChI is InChI=1S/C12H16N2O2S3/c1-8(2)12(10-4-3-5-17-10)14-19(15,16)11-6-9(13)7-18-11/h3-8,12,14H,13H2,1-2H3. The van der Waals surface area contributed by atoms with Gasteiger partial charge in [0.25, 0.3) is 10.0 Å². The average molecular weight is 316 g/mol. The summed E-state index contributed by atoms with van der Waals surface area (Å²) in [6, 6.07) is 5.14. The van der Waals surface area contributed by atoms with Gasteiger partial charge in [0.2, 0.25) is 0 Å². The van der Waals surface area contributed by atoms with Crippen molar-refractivity contribution < 1.29 is 8.42 Å². The zero-order chi connectivity index (χ0) is 14.0. The molecule has 4 nitrogen and oxygen atoms in total. The van der Waals surface area contributed by atoms with E-state index >= 15 is 0 Å². The largest absolute Gasteiger partial charge is 0.398 e. The maximum Gasteiger partial charge on any atom is 0.250 e. The number of anilines is 1. The van der Waals surface area contributed by atoms with Gasteiger partial charge in [-0.2, -0.15) is 0 Å². The van der Waals surface area contributed by atoms with Crippen molar-refractivity contribution in [3.8, 4) is 0 Å².